The Morgan fingerprint density at radius 2 is 1.81 bits per heavy atom. The van der Waals surface area contributed by atoms with Crippen LogP contribution in [0.15, 0.2) is 12.1 Å². The van der Waals surface area contributed by atoms with Gasteiger partial charge >= 0.3 is 0 Å². The maximum absolute atomic E-state index is 5.74. The van der Waals surface area contributed by atoms with Crippen LogP contribution in [0.3, 0.4) is 0 Å². The van der Waals surface area contributed by atoms with Crippen molar-refractivity contribution in [2.24, 2.45) is 5.73 Å². The van der Waals surface area contributed by atoms with Crippen molar-refractivity contribution in [1.82, 2.24) is 0 Å². The van der Waals surface area contributed by atoms with Gasteiger partial charge in [0.1, 0.15) is 5.75 Å². The van der Waals surface area contributed by atoms with Gasteiger partial charge in [0.25, 0.3) is 0 Å². The van der Waals surface area contributed by atoms with E-state index in [1.54, 1.807) is 7.11 Å². The second kappa shape index (κ2) is 5.90. The molecular weight excluding hydrogens is 198 g/mol. The average Bonchev–Trinajstić information content (AvgIpc) is 2.16. The van der Waals surface area contributed by atoms with Crippen molar-refractivity contribution in [2.45, 2.75) is 46.1 Å². The van der Waals surface area contributed by atoms with Crippen LogP contribution in [0, 0.1) is 13.8 Å². The first-order chi connectivity index (χ1) is 7.54. The van der Waals surface area contributed by atoms with Gasteiger partial charge in [0.05, 0.1) is 7.11 Å². The number of benzene rings is 1. The molecule has 0 aliphatic rings. The second-order valence-corrected chi connectivity index (χ2v) is 4.63. The first kappa shape index (κ1) is 13.0. The SMILES string of the molecule is COc1c(C)cc(CCCC(C)N)cc1C. The minimum Gasteiger partial charge on any atom is -0.496 e. The predicted octanol–water partition coefficient (Wildman–Crippen LogP) is 2.98. The van der Waals surface area contributed by atoms with E-state index >= 15 is 0 Å². The molecule has 16 heavy (non-hydrogen) atoms. The lowest BCUT2D eigenvalue weighted by Crippen LogP contribution is -2.14. The van der Waals surface area contributed by atoms with Crippen molar-refractivity contribution in [1.29, 1.82) is 0 Å². The molecule has 0 aliphatic carbocycles. The maximum Gasteiger partial charge on any atom is 0.124 e. The number of hydrogen-bond acceptors (Lipinski definition) is 2. The smallest absolute Gasteiger partial charge is 0.124 e. The predicted molar refractivity (Wildman–Crippen MR) is 69.1 cm³/mol. The fourth-order valence-electron chi connectivity index (χ4n) is 2.13. The van der Waals surface area contributed by atoms with Gasteiger partial charge in [-0.1, -0.05) is 12.1 Å². The molecule has 1 aromatic carbocycles. The van der Waals surface area contributed by atoms with Crippen LogP contribution >= 0.6 is 0 Å². The molecule has 0 radical (unpaired) electrons. The minimum atomic E-state index is 0.306. The number of hydrogen-bond donors (Lipinski definition) is 1. The summed E-state index contributed by atoms with van der Waals surface area (Å²) in [4.78, 5) is 0. The number of nitrogens with two attached hydrogens (primary N) is 1. The van der Waals surface area contributed by atoms with Gasteiger partial charge < -0.3 is 10.5 Å². The third kappa shape index (κ3) is 3.53. The molecule has 0 aromatic heterocycles. The number of ether oxygens (including phenoxy) is 1. The normalized spacial score (nSPS) is 12.6. The quantitative estimate of drug-likeness (QED) is 0.829. The van der Waals surface area contributed by atoms with Gasteiger partial charge in [-0.3, -0.25) is 0 Å². The molecule has 1 aromatic rings. The Kier molecular flexibility index (Phi) is 4.81. The van der Waals surface area contributed by atoms with Gasteiger partial charge in [0, 0.05) is 6.04 Å². The first-order valence-corrected chi connectivity index (χ1v) is 5.94. The Balaban J connectivity index is 2.68. The summed E-state index contributed by atoms with van der Waals surface area (Å²) >= 11 is 0. The van der Waals surface area contributed by atoms with Crippen LogP contribution < -0.4 is 10.5 Å². The number of rotatable bonds is 5. The van der Waals surface area contributed by atoms with Crippen LogP contribution in [-0.4, -0.2) is 13.2 Å². The molecule has 0 spiro atoms. The van der Waals surface area contributed by atoms with E-state index in [1.807, 2.05) is 0 Å². The fraction of sp³-hybridized carbons (Fsp3) is 0.571. The highest BCUT2D eigenvalue weighted by Gasteiger charge is 2.05. The summed E-state index contributed by atoms with van der Waals surface area (Å²) in [5, 5.41) is 0. The fourth-order valence-corrected chi connectivity index (χ4v) is 2.13. The van der Waals surface area contributed by atoms with Gasteiger partial charge in [-0.05, 0) is 56.7 Å². The van der Waals surface area contributed by atoms with Crippen molar-refractivity contribution >= 4 is 0 Å². The monoisotopic (exact) mass is 221 g/mol. The highest BCUT2D eigenvalue weighted by molar-refractivity contribution is 5.43. The standard InChI is InChI=1S/C14H23NO/c1-10-8-13(7-5-6-12(3)15)9-11(2)14(10)16-4/h8-9,12H,5-7,15H2,1-4H3. The van der Waals surface area contributed by atoms with E-state index in [4.69, 9.17) is 10.5 Å². The van der Waals surface area contributed by atoms with Crippen LogP contribution in [0.5, 0.6) is 5.75 Å². The van der Waals surface area contributed by atoms with Crippen molar-refractivity contribution < 1.29 is 4.74 Å². The molecule has 0 amide bonds. The molecule has 1 atom stereocenters. The topological polar surface area (TPSA) is 35.2 Å². The minimum absolute atomic E-state index is 0.306. The summed E-state index contributed by atoms with van der Waals surface area (Å²) in [6.45, 7) is 6.26. The summed E-state index contributed by atoms with van der Waals surface area (Å²) in [7, 11) is 1.73. The summed E-state index contributed by atoms with van der Waals surface area (Å²) in [6.07, 6.45) is 3.35. The molecule has 0 aliphatic heterocycles. The highest BCUT2D eigenvalue weighted by atomic mass is 16.5. The third-order valence-corrected chi connectivity index (χ3v) is 2.85. The van der Waals surface area contributed by atoms with Crippen molar-refractivity contribution in [3.8, 4) is 5.75 Å². The third-order valence-electron chi connectivity index (χ3n) is 2.85. The van der Waals surface area contributed by atoms with Crippen LogP contribution in [-0.2, 0) is 6.42 Å². The molecule has 90 valence electrons. The van der Waals surface area contributed by atoms with Gasteiger partial charge in [-0.15, -0.1) is 0 Å². The van der Waals surface area contributed by atoms with Crippen LogP contribution in [0.1, 0.15) is 36.5 Å². The zero-order valence-electron chi connectivity index (χ0n) is 10.8. The molecule has 1 unspecified atom stereocenters. The Labute approximate surface area is 98.8 Å². The molecular formula is C14H23NO. The highest BCUT2D eigenvalue weighted by Crippen LogP contribution is 2.25. The summed E-state index contributed by atoms with van der Waals surface area (Å²) in [5.74, 6) is 1.01. The summed E-state index contributed by atoms with van der Waals surface area (Å²) in [6, 6.07) is 4.74. The molecule has 0 heterocycles. The van der Waals surface area contributed by atoms with Gasteiger partial charge in [-0.2, -0.15) is 0 Å². The van der Waals surface area contributed by atoms with Crippen molar-refractivity contribution in [3.63, 3.8) is 0 Å². The Morgan fingerprint density at radius 3 is 2.25 bits per heavy atom. The van der Waals surface area contributed by atoms with Crippen LogP contribution in [0.2, 0.25) is 0 Å². The molecule has 0 fully saturated rings. The Morgan fingerprint density at radius 1 is 1.25 bits per heavy atom. The van der Waals surface area contributed by atoms with Crippen LogP contribution in [0.4, 0.5) is 0 Å². The Hall–Kier alpha value is -1.02. The molecule has 1 rings (SSSR count). The molecule has 2 nitrogen and oxygen atoms in total. The van der Waals surface area contributed by atoms with E-state index in [9.17, 15) is 0 Å². The van der Waals surface area contributed by atoms with E-state index in [0.29, 0.717) is 6.04 Å². The Bertz CT molecular complexity index is 322. The van der Waals surface area contributed by atoms with Crippen molar-refractivity contribution in [2.75, 3.05) is 7.11 Å². The zero-order chi connectivity index (χ0) is 12.1. The summed E-state index contributed by atoms with van der Waals surface area (Å²) < 4.78 is 5.35. The first-order valence-electron chi connectivity index (χ1n) is 5.94. The molecule has 0 saturated carbocycles. The molecule has 0 bridgehead atoms. The number of methoxy groups -OCH3 is 1. The van der Waals surface area contributed by atoms with E-state index in [1.165, 1.54) is 16.7 Å². The van der Waals surface area contributed by atoms with Gasteiger partial charge in [-0.25, -0.2) is 0 Å². The lowest BCUT2D eigenvalue weighted by Gasteiger charge is -2.11. The molecule has 0 saturated heterocycles. The van der Waals surface area contributed by atoms with E-state index in [0.717, 1.165) is 25.0 Å². The van der Waals surface area contributed by atoms with Gasteiger partial charge in [0.2, 0.25) is 0 Å². The number of aryl methyl sites for hydroxylation is 3. The second-order valence-electron chi connectivity index (χ2n) is 4.63. The van der Waals surface area contributed by atoms with Crippen LogP contribution in [0.25, 0.3) is 0 Å². The zero-order valence-corrected chi connectivity index (χ0v) is 10.8. The lowest BCUT2D eigenvalue weighted by molar-refractivity contribution is 0.408. The van der Waals surface area contributed by atoms with E-state index in [2.05, 4.69) is 32.9 Å². The van der Waals surface area contributed by atoms with Gasteiger partial charge in [0.15, 0.2) is 0 Å². The van der Waals surface area contributed by atoms with Crippen molar-refractivity contribution in [3.05, 3.63) is 28.8 Å². The molecule has 2 heteroatoms. The van der Waals surface area contributed by atoms with E-state index < -0.39 is 0 Å². The largest absolute Gasteiger partial charge is 0.496 e. The van der Waals surface area contributed by atoms with E-state index in [-0.39, 0.29) is 0 Å². The molecule has 2 N–H and O–H groups in total. The lowest BCUT2D eigenvalue weighted by atomic mass is 10.0. The average molecular weight is 221 g/mol. The maximum atomic E-state index is 5.74. The summed E-state index contributed by atoms with van der Waals surface area (Å²) in [5.41, 5.74) is 9.57.